The second-order valence-electron chi connectivity index (χ2n) is 2.36. The molecule has 0 radical (unpaired) electrons. The highest BCUT2D eigenvalue weighted by Gasteiger charge is 2.15. The maximum atomic E-state index is 10.5. The molecule has 0 spiro atoms. The fourth-order valence-corrected chi connectivity index (χ4v) is 0.839. The molecule has 0 saturated heterocycles. The first-order valence-corrected chi connectivity index (χ1v) is 3.50. The first kappa shape index (κ1) is 9.24. The largest absolute Gasteiger partial charge is 0.481 e. The van der Waals surface area contributed by atoms with Crippen molar-refractivity contribution in [3.63, 3.8) is 0 Å². The predicted octanol–water partition coefficient (Wildman–Crippen LogP) is 0.390. The summed E-state index contributed by atoms with van der Waals surface area (Å²) in [6, 6.07) is 0. The number of carboxylic acids is 2. The molecule has 6 nitrogen and oxygen atoms in total. The van der Waals surface area contributed by atoms with Gasteiger partial charge in [0, 0.05) is 6.42 Å². The van der Waals surface area contributed by atoms with Crippen LogP contribution in [-0.4, -0.2) is 27.3 Å². The molecule has 0 aliphatic carbocycles. The van der Waals surface area contributed by atoms with Crippen LogP contribution in [0.3, 0.4) is 0 Å². The van der Waals surface area contributed by atoms with Crippen molar-refractivity contribution in [2.24, 2.45) is 0 Å². The molecule has 70 valence electrons. The van der Waals surface area contributed by atoms with E-state index in [2.05, 4.69) is 9.68 Å². The Hall–Kier alpha value is -1.85. The van der Waals surface area contributed by atoms with Crippen molar-refractivity contribution in [1.29, 1.82) is 0 Å². The summed E-state index contributed by atoms with van der Waals surface area (Å²) >= 11 is 0. The van der Waals surface area contributed by atoms with Crippen LogP contribution in [0.2, 0.25) is 0 Å². The van der Waals surface area contributed by atoms with E-state index in [1.165, 1.54) is 0 Å². The van der Waals surface area contributed by atoms with E-state index in [9.17, 15) is 9.59 Å². The Morgan fingerprint density at radius 2 is 2.15 bits per heavy atom. The van der Waals surface area contributed by atoms with Crippen LogP contribution in [-0.2, 0) is 11.2 Å². The highest BCUT2D eigenvalue weighted by molar-refractivity contribution is 5.88. The van der Waals surface area contributed by atoms with Crippen LogP contribution in [0.4, 0.5) is 0 Å². The summed E-state index contributed by atoms with van der Waals surface area (Å²) in [6.45, 7) is 0. The zero-order chi connectivity index (χ0) is 9.84. The lowest BCUT2D eigenvalue weighted by molar-refractivity contribution is -0.137. The lowest BCUT2D eigenvalue weighted by Crippen LogP contribution is -2.02. The molecule has 6 heteroatoms. The molecule has 1 aromatic rings. The molecule has 0 fully saturated rings. The minimum absolute atomic E-state index is 0.0387. The number of aromatic carboxylic acids is 1. The van der Waals surface area contributed by atoms with Gasteiger partial charge in [-0.2, -0.15) is 0 Å². The Balaban J connectivity index is 2.71. The van der Waals surface area contributed by atoms with Gasteiger partial charge in [0.05, 0.1) is 12.6 Å². The van der Waals surface area contributed by atoms with Gasteiger partial charge in [-0.15, -0.1) is 0 Å². The van der Waals surface area contributed by atoms with E-state index >= 15 is 0 Å². The summed E-state index contributed by atoms with van der Waals surface area (Å²) in [7, 11) is 0. The molecular formula is C7H7NO5. The first-order chi connectivity index (χ1) is 6.11. The number of hydrogen-bond acceptors (Lipinski definition) is 4. The van der Waals surface area contributed by atoms with Crippen LogP contribution < -0.4 is 0 Å². The molecule has 0 amide bonds. The van der Waals surface area contributed by atoms with Crippen molar-refractivity contribution in [2.75, 3.05) is 0 Å². The van der Waals surface area contributed by atoms with Crippen LogP contribution in [0.5, 0.6) is 0 Å². The van der Waals surface area contributed by atoms with Crippen LogP contribution in [0.25, 0.3) is 0 Å². The molecule has 0 aromatic carbocycles. The summed E-state index contributed by atoms with van der Waals surface area (Å²) in [6.07, 6.45) is 0.923. The van der Waals surface area contributed by atoms with Gasteiger partial charge in [-0.3, -0.25) is 4.79 Å². The van der Waals surface area contributed by atoms with Gasteiger partial charge in [0.25, 0.3) is 0 Å². The van der Waals surface area contributed by atoms with Crippen molar-refractivity contribution in [3.05, 3.63) is 17.5 Å². The Bertz CT molecular complexity index is 329. The Morgan fingerprint density at radius 3 is 2.69 bits per heavy atom. The predicted molar refractivity (Wildman–Crippen MR) is 39.4 cm³/mol. The van der Waals surface area contributed by atoms with E-state index in [0.717, 1.165) is 6.20 Å². The summed E-state index contributed by atoms with van der Waals surface area (Å²) in [5.41, 5.74) is -0.0822. The Morgan fingerprint density at radius 1 is 1.46 bits per heavy atom. The lowest BCUT2D eigenvalue weighted by atomic mass is 10.2. The normalized spacial score (nSPS) is 9.85. The summed E-state index contributed by atoms with van der Waals surface area (Å²) in [5, 5.41) is 20.2. The minimum Gasteiger partial charge on any atom is -0.481 e. The van der Waals surface area contributed by atoms with Gasteiger partial charge in [-0.1, -0.05) is 5.16 Å². The Kier molecular flexibility index (Phi) is 2.63. The van der Waals surface area contributed by atoms with Gasteiger partial charge in [0.15, 0.2) is 5.76 Å². The van der Waals surface area contributed by atoms with Gasteiger partial charge in [-0.25, -0.2) is 4.79 Å². The highest BCUT2D eigenvalue weighted by Crippen LogP contribution is 2.09. The molecule has 0 aliphatic heterocycles. The van der Waals surface area contributed by atoms with Crippen molar-refractivity contribution in [3.8, 4) is 0 Å². The molecule has 0 saturated carbocycles. The second kappa shape index (κ2) is 3.70. The number of aliphatic carboxylic acids is 1. The molecular weight excluding hydrogens is 178 g/mol. The van der Waals surface area contributed by atoms with Gasteiger partial charge < -0.3 is 14.7 Å². The first-order valence-electron chi connectivity index (χ1n) is 3.50. The number of carbonyl (C=O) groups is 2. The standard InChI is InChI=1S/C7H7NO5/c9-6(10)2-1-5-4(7(11)12)3-8-13-5/h3H,1-2H2,(H,9,10)(H,11,12). The van der Waals surface area contributed by atoms with Crippen molar-refractivity contribution in [1.82, 2.24) is 5.16 Å². The zero-order valence-electron chi connectivity index (χ0n) is 6.56. The van der Waals surface area contributed by atoms with Crippen molar-refractivity contribution >= 4 is 11.9 Å². The monoisotopic (exact) mass is 185 g/mol. The summed E-state index contributed by atoms with van der Waals surface area (Å²) < 4.78 is 4.58. The quantitative estimate of drug-likeness (QED) is 0.703. The van der Waals surface area contributed by atoms with Gasteiger partial charge in [0.1, 0.15) is 5.56 Å². The number of carboxylic acid groups (broad SMARTS) is 2. The molecule has 13 heavy (non-hydrogen) atoms. The molecule has 1 rings (SSSR count). The number of aryl methyl sites for hydroxylation is 1. The third kappa shape index (κ3) is 2.29. The van der Waals surface area contributed by atoms with Crippen LogP contribution in [0.1, 0.15) is 22.5 Å². The van der Waals surface area contributed by atoms with E-state index in [-0.39, 0.29) is 24.2 Å². The number of aromatic nitrogens is 1. The van der Waals surface area contributed by atoms with E-state index in [1.54, 1.807) is 0 Å². The number of nitrogens with zero attached hydrogens (tertiary/aromatic N) is 1. The summed E-state index contributed by atoms with van der Waals surface area (Å²) in [4.78, 5) is 20.6. The second-order valence-corrected chi connectivity index (χ2v) is 2.36. The smallest absolute Gasteiger partial charge is 0.340 e. The number of rotatable bonds is 4. The van der Waals surface area contributed by atoms with Crippen LogP contribution in [0, 0.1) is 0 Å². The molecule has 0 aliphatic rings. The van der Waals surface area contributed by atoms with Crippen molar-refractivity contribution < 1.29 is 24.3 Å². The van der Waals surface area contributed by atoms with E-state index < -0.39 is 11.9 Å². The van der Waals surface area contributed by atoms with E-state index in [0.29, 0.717) is 0 Å². The van der Waals surface area contributed by atoms with Crippen LogP contribution in [0.15, 0.2) is 10.7 Å². The molecule has 0 bridgehead atoms. The van der Waals surface area contributed by atoms with Gasteiger partial charge in [0.2, 0.25) is 0 Å². The third-order valence-corrected chi connectivity index (χ3v) is 1.44. The molecule has 1 heterocycles. The SMILES string of the molecule is O=C(O)CCc1oncc1C(=O)O. The minimum atomic E-state index is -1.17. The Labute approximate surface area is 72.8 Å². The average molecular weight is 185 g/mol. The van der Waals surface area contributed by atoms with Gasteiger partial charge >= 0.3 is 11.9 Å². The highest BCUT2D eigenvalue weighted by atomic mass is 16.5. The fourth-order valence-electron chi connectivity index (χ4n) is 0.839. The average Bonchev–Trinajstić information content (AvgIpc) is 2.47. The lowest BCUT2D eigenvalue weighted by Gasteiger charge is -1.92. The molecule has 0 atom stereocenters. The number of hydrogen-bond donors (Lipinski definition) is 2. The molecule has 2 N–H and O–H groups in total. The van der Waals surface area contributed by atoms with Crippen molar-refractivity contribution in [2.45, 2.75) is 12.8 Å². The maximum Gasteiger partial charge on any atom is 0.340 e. The molecule has 1 aromatic heterocycles. The van der Waals surface area contributed by atoms with E-state index in [4.69, 9.17) is 10.2 Å². The maximum absolute atomic E-state index is 10.5. The topological polar surface area (TPSA) is 101 Å². The summed E-state index contributed by atoms with van der Waals surface area (Å²) in [5.74, 6) is -2.08. The van der Waals surface area contributed by atoms with Crippen LogP contribution >= 0.6 is 0 Å². The fraction of sp³-hybridized carbons (Fsp3) is 0.286. The molecule has 0 unspecified atom stereocenters. The van der Waals surface area contributed by atoms with Gasteiger partial charge in [-0.05, 0) is 0 Å². The van der Waals surface area contributed by atoms with E-state index in [1.807, 2.05) is 0 Å². The zero-order valence-corrected chi connectivity index (χ0v) is 6.56. The third-order valence-electron chi connectivity index (χ3n) is 1.44.